The first-order chi connectivity index (χ1) is 4.77. The summed E-state index contributed by atoms with van der Waals surface area (Å²) < 4.78 is 0. The molecule has 1 heterocycles. The van der Waals surface area contributed by atoms with Gasteiger partial charge < -0.3 is 4.85 Å². The summed E-state index contributed by atoms with van der Waals surface area (Å²) in [6.07, 6.45) is 0. The van der Waals surface area contributed by atoms with Gasteiger partial charge in [0.25, 0.3) is 5.82 Å². The number of aryl methyl sites for hydroxylation is 1. The van der Waals surface area contributed by atoms with Crippen LogP contribution in [-0.4, -0.2) is 9.97 Å². The van der Waals surface area contributed by atoms with Gasteiger partial charge in [-0.15, -0.1) is 0 Å². The molecule has 4 heteroatoms. The summed E-state index contributed by atoms with van der Waals surface area (Å²) in [5.74, 6) is 0.822. The number of nitrogens with one attached hydrogen (secondary N) is 1. The smallest absolute Gasteiger partial charge is 0.265 e. The van der Waals surface area contributed by atoms with Gasteiger partial charge in [-0.05, 0) is 0 Å². The molecule has 0 spiro atoms. The highest BCUT2D eigenvalue weighted by Crippen LogP contribution is 2.13. The molecule has 1 aromatic rings. The fraction of sp³-hybridized carbons (Fsp3) is 0.167. The highest BCUT2D eigenvalue weighted by Gasteiger charge is 2.05. The van der Waals surface area contributed by atoms with Crippen LogP contribution in [0.4, 0.5) is 5.82 Å². The largest absolute Gasteiger partial charge is 0.361 e. The third-order valence-corrected chi connectivity index (χ3v) is 1.02. The Labute approximate surface area is 58.0 Å². The van der Waals surface area contributed by atoms with Gasteiger partial charge >= 0.3 is 0 Å². The quantitative estimate of drug-likeness (QED) is 0.538. The number of imidazole rings is 1. The summed E-state index contributed by atoms with van der Waals surface area (Å²) in [6, 6.07) is 1.81. The molecule has 0 saturated carbocycles. The number of H-pyrrole nitrogens is 1. The van der Waals surface area contributed by atoms with Crippen LogP contribution in [0.25, 0.3) is 4.85 Å². The predicted octanol–water partition coefficient (Wildman–Crippen LogP) is 1.14. The highest BCUT2D eigenvalue weighted by molar-refractivity contribution is 5.49. The zero-order valence-electron chi connectivity index (χ0n) is 5.34. The van der Waals surface area contributed by atoms with E-state index < -0.39 is 0 Å². The van der Waals surface area contributed by atoms with Crippen molar-refractivity contribution in [3.05, 3.63) is 22.9 Å². The van der Waals surface area contributed by atoms with Crippen molar-refractivity contribution >= 4 is 5.82 Å². The zero-order valence-corrected chi connectivity index (χ0v) is 5.34. The molecule has 0 aromatic carbocycles. The Morgan fingerprint density at radius 2 is 2.50 bits per heavy atom. The Kier molecular flexibility index (Phi) is 1.39. The van der Waals surface area contributed by atoms with E-state index in [-0.39, 0.29) is 11.5 Å². The second-order valence-corrected chi connectivity index (χ2v) is 1.74. The number of rotatable bonds is 0. The topological polar surface area (TPSA) is 56.8 Å². The van der Waals surface area contributed by atoms with E-state index in [1.54, 1.807) is 6.92 Å². The molecule has 0 radical (unpaired) electrons. The van der Waals surface area contributed by atoms with Crippen molar-refractivity contribution < 1.29 is 0 Å². The Morgan fingerprint density at radius 3 is 2.90 bits per heavy atom. The Bertz CT molecular complexity index is 291. The Morgan fingerprint density at radius 1 is 1.80 bits per heavy atom. The van der Waals surface area contributed by atoms with Crippen molar-refractivity contribution in [3.8, 4) is 6.07 Å². The molecular weight excluding hydrogens is 128 g/mol. The number of aromatic nitrogens is 2. The minimum Gasteiger partial charge on any atom is -0.361 e. The van der Waals surface area contributed by atoms with Crippen molar-refractivity contribution in [3.63, 3.8) is 0 Å². The van der Waals surface area contributed by atoms with Crippen molar-refractivity contribution in [1.82, 2.24) is 9.97 Å². The molecule has 0 aliphatic carbocycles. The maximum Gasteiger partial charge on any atom is 0.265 e. The lowest BCUT2D eigenvalue weighted by molar-refractivity contribution is 1.14. The maximum atomic E-state index is 8.39. The predicted molar refractivity (Wildman–Crippen MR) is 34.3 cm³/mol. The molecule has 1 N–H and O–H groups in total. The van der Waals surface area contributed by atoms with Crippen molar-refractivity contribution in [2.75, 3.05) is 0 Å². The average Bonchev–Trinajstić information content (AvgIpc) is 2.30. The van der Waals surface area contributed by atoms with Crippen LogP contribution in [0.5, 0.6) is 0 Å². The summed E-state index contributed by atoms with van der Waals surface area (Å²) >= 11 is 0. The van der Waals surface area contributed by atoms with Gasteiger partial charge in [-0.3, -0.25) is 4.98 Å². The first-order valence-electron chi connectivity index (χ1n) is 2.62. The molecule has 1 rings (SSSR count). The summed E-state index contributed by atoms with van der Waals surface area (Å²) in [6.45, 7) is 8.31. The molecule has 0 unspecified atom stereocenters. The first kappa shape index (κ1) is 6.31. The molecule has 0 aliphatic rings. The van der Waals surface area contributed by atoms with Gasteiger partial charge in [0.2, 0.25) is 0 Å². The standard InChI is InChI=1S/C6H4N4/c1-4-9-5(3-7)6(8-2)10-4/h1H3,(H,9,10). The van der Waals surface area contributed by atoms with E-state index in [2.05, 4.69) is 14.8 Å². The first-order valence-corrected chi connectivity index (χ1v) is 2.62. The molecule has 4 nitrogen and oxygen atoms in total. The summed E-state index contributed by atoms with van der Waals surface area (Å²) in [5.41, 5.74) is 0.174. The van der Waals surface area contributed by atoms with Crippen LogP contribution in [-0.2, 0) is 0 Å². The van der Waals surface area contributed by atoms with Crippen LogP contribution in [0.15, 0.2) is 0 Å². The molecule has 10 heavy (non-hydrogen) atoms. The third kappa shape index (κ3) is 0.828. The van der Waals surface area contributed by atoms with Crippen LogP contribution in [0.1, 0.15) is 11.5 Å². The van der Waals surface area contributed by atoms with Crippen LogP contribution in [0.2, 0.25) is 0 Å². The van der Waals surface area contributed by atoms with Crippen LogP contribution in [0.3, 0.4) is 0 Å². The number of hydrogen-bond donors (Lipinski definition) is 1. The van der Waals surface area contributed by atoms with Gasteiger partial charge in [-0.1, -0.05) is 6.57 Å². The molecule has 0 aliphatic heterocycles. The molecule has 0 fully saturated rings. The van der Waals surface area contributed by atoms with Gasteiger partial charge in [0.15, 0.2) is 11.5 Å². The molecule has 0 bridgehead atoms. The Balaban J connectivity index is 3.28. The van der Waals surface area contributed by atoms with Gasteiger partial charge in [0.05, 0.1) is 0 Å². The van der Waals surface area contributed by atoms with E-state index in [9.17, 15) is 0 Å². The number of nitrogens with zero attached hydrogens (tertiary/aromatic N) is 3. The fourth-order valence-electron chi connectivity index (χ4n) is 0.638. The van der Waals surface area contributed by atoms with Crippen LogP contribution in [0, 0.1) is 24.8 Å². The average molecular weight is 132 g/mol. The van der Waals surface area contributed by atoms with Crippen molar-refractivity contribution in [1.29, 1.82) is 5.26 Å². The normalized spacial score (nSPS) is 8.30. The second-order valence-electron chi connectivity index (χ2n) is 1.74. The fourth-order valence-corrected chi connectivity index (χ4v) is 0.638. The van der Waals surface area contributed by atoms with Gasteiger partial charge in [-0.2, -0.15) is 5.26 Å². The van der Waals surface area contributed by atoms with Crippen molar-refractivity contribution in [2.24, 2.45) is 0 Å². The van der Waals surface area contributed by atoms with E-state index in [1.165, 1.54) is 0 Å². The van der Waals surface area contributed by atoms with Gasteiger partial charge in [-0.25, -0.2) is 4.98 Å². The number of hydrogen-bond acceptors (Lipinski definition) is 2. The molecule has 0 saturated heterocycles. The van der Waals surface area contributed by atoms with Gasteiger partial charge in [0, 0.05) is 6.92 Å². The highest BCUT2D eigenvalue weighted by atomic mass is 15.0. The van der Waals surface area contributed by atoms with E-state index in [1.807, 2.05) is 6.07 Å². The molecule has 1 aromatic heterocycles. The van der Waals surface area contributed by atoms with Crippen LogP contribution < -0.4 is 0 Å². The van der Waals surface area contributed by atoms with E-state index >= 15 is 0 Å². The monoisotopic (exact) mass is 132 g/mol. The Hall–Kier alpha value is -1.81. The molecule has 0 atom stereocenters. The van der Waals surface area contributed by atoms with Crippen molar-refractivity contribution in [2.45, 2.75) is 6.92 Å². The van der Waals surface area contributed by atoms with E-state index in [4.69, 9.17) is 11.8 Å². The lowest BCUT2D eigenvalue weighted by Crippen LogP contribution is -1.72. The summed E-state index contributed by atoms with van der Waals surface area (Å²) in [7, 11) is 0. The second kappa shape index (κ2) is 2.20. The number of nitriles is 1. The van der Waals surface area contributed by atoms with E-state index in [0.29, 0.717) is 5.82 Å². The minimum absolute atomic E-state index is 0.174. The molecular formula is C6H4N4. The maximum absolute atomic E-state index is 8.39. The SMILES string of the molecule is [C-]#[N+]c1[nH]c(C)nc1C#N. The third-order valence-electron chi connectivity index (χ3n) is 1.02. The summed E-state index contributed by atoms with van der Waals surface area (Å²) in [4.78, 5) is 9.50. The lowest BCUT2D eigenvalue weighted by atomic mass is 10.5. The van der Waals surface area contributed by atoms with Crippen LogP contribution >= 0.6 is 0 Å². The van der Waals surface area contributed by atoms with E-state index in [0.717, 1.165) is 0 Å². The molecule has 0 amide bonds. The van der Waals surface area contributed by atoms with Gasteiger partial charge in [0.1, 0.15) is 6.07 Å². The molecule has 48 valence electrons. The number of aromatic amines is 1. The lowest BCUT2D eigenvalue weighted by Gasteiger charge is -1.77. The minimum atomic E-state index is 0.174. The summed E-state index contributed by atoms with van der Waals surface area (Å²) in [5, 5.41) is 8.39. The zero-order chi connectivity index (χ0) is 7.56.